The van der Waals surface area contributed by atoms with Gasteiger partial charge >= 0.3 is 0 Å². The fourth-order valence-corrected chi connectivity index (χ4v) is 2.85. The number of carbonyl (C=O) groups excluding carboxylic acids is 1. The smallest absolute Gasteiger partial charge is 0.268 e. The highest BCUT2D eigenvalue weighted by atomic mass is 19.2. The Morgan fingerprint density at radius 2 is 2.00 bits per heavy atom. The van der Waals surface area contributed by atoms with Crippen LogP contribution in [0, 0.1) is 11.6 Å². The van der Waals surface area contributed by atoms with Crippen LogP contribution in [0.1, 0.15) is 35.8 Å². The Morgan fingerprint density at radius 1 is 1.22 bits per heavy atom. The molecule has 0 saturated heterocycles. The molecule has 0 fully saturated rings. The number of nitrogens with zero attached hydrogens (tertiary/aromatic N) is 2. The van der Waals surface area contributed by atoms with Gasteiger partial charge in [0.2, 0.25) is 0 Å². The monoisotopic (exact) mass is 371 g/mol. The summed E-state index contributed by atoms with van der Waals surface area (Å²) in [7, 11) is 0. The van der Waals surface area contributed by atoms with E-state index in [4.69, 9.17) is 0 Å². The Kier molecular flexibility index (Phi) is 5.59. The van der Waals surface area contributed by atoms with Gasteiger partial charge in [0.25, 0.3) is 11.5 Å². The van der Waals surface area contributed by atoms with Crippen molar-refractivity contribution in [3.05, 3.63) is 76.0 Å². The molecule has 140 valence electrons. The first-order valence-corrected chi connectivity index (χ1v) is 8.71. The molecule has 0 bridgehead atoms. The highest BCUT2D eigenvalue weighted by Gasteiger charge is 2.17. The number of nitrogens with one attached hydrogen (secondary N) is 1. The van der Waals surface area contributed by atoms with E-state index in [-0.39, 0.29) is 23.0 Å². The molecule has 0 saturated carbocycles. The zero-order valence-electron chi connectivity index (χ0n) is 14.8. The van der Waals surface area contributed by atoms with Gasteiger partial charge in [-0.3, -0.25) is 14.6 Å². The van der Waals surface area contributed by atoms with E-state index in [1.54, 1.807) is 18.5 Å². The van der Waals surface area contributed by atoms with Crippen molar-refractivity contribution in [1.29, 1.82) is 0 Å². The number of pyridine rings is 2. The molecule has 0 spiro atoms. The average Bonchev–Trinajstić information content (AvgIpc) is 2.67. The Labute approximate surface area is 154 Å². The van der Waals surface area contributed by atoms with Crippen LogP contribution in [0.3, 0.4) is 0 Å². The van der Waals surface area contributed by atoms with Crippen molar-refractivity contribution in [2.45, 2.75) is 32.9 Å². The number of carbonyl (C=O) groups is 1. The van der Waals surface area contributed by atoms with E-state index < -0.39 is 23.1 Å². The van der Waals surface area contributed by atoms with E-state index in [0.717, 1.165) is 24.1 Å². The van der Waals surface area contributed by atoms with Gasteiger partial charge in [0.1, 0.15) is 5.69 Å². The predicted octanol–water partition coefficient (Wildman–Crippen LogP) is 3.40. The van der Waals surface area contributed by atoms with Crippen molar-refractivity contribution in [1.82, 2.24) is 14.9 Å². The van der Waals surface area contributed by atoms with Crippen LogP contribution in [-0.4, -0.2) is 15.5 Å². The summed E-state index contributed by atoms with van der Waals surface area (Å²) in [5.41, 5.74) is 0.421. The molecular weight excluding hydrogens is 352 g/mol. The molecule has 1 N–H and O–H groups in total. The summed E-state index contributed by atoms with van der Waals surface area (Å²) in [6.07, 6.45) is 4.75. The topological polar surface area (TPSA) is 64.0 Å². The normalized spacial score (nSPS) is 10.9. The fourth-order valence-electron chi connectivity index (χ4n) is 2.85. The standard InChI is InChI=1S/C20H19F2N3O2/c1-2-3-7-25-18(19(26)24-12-13-5-4-6-23-11-13)9-14-8-16(21)17(22)10-15(14)20(25)27/h4-6,8-11H,2-3,7,12H2,1H3,(H,24,26). The first kappa shape index (κ1) is 18.7. The van der Waals surface area contributed by atoms with E-state index in [9.17, 15) is 18.4 Å². The van der Waals surface area contributed by atoms with Crippen LogP contribution in [0.25, 0.3) is 10.8 Å². The van der Waals surface area contributed by atoms with E-state index in [2.05, 4.69) is 10.3 Å². The second kappa shape index (κ2) is 8.07. The van der Waals surface area contributed by atoms with Crippen LogP contribution in [0.15, 0.2) is 47.5 Å². The van der Waals surface area contributed by atoms with E-state index in [1.165, 1.54) is 10.6 Å². The molecular formula is C20H19F2N3O2. The molecule has 5 nitrogen and oxygen atoms in total. The number of halogens is 2. The van der Waals surface area contributed by atoms with Gasteiger partial charge in [-0.1, -0.05) is 19.4 Å². The molecule has 2 aromatic heterocycles. The van der Waals surface area contributed by atoms with Gasteiger partial charge < -0.3 is 9.88 Å². The summed E-state index contributed by atoms with van der Waals surface area (Å²) in [4.78, 5) is 29.5. The molecule has 1 aromatic carbocycles. The summed E-state index contributed by atoms with van der Waals surface area (Å²) in [5.74, 6) is -2.61. The zero-order chi connectivity index (χ0) is 19.4. The van der Waals surface area contributed by atoms with Gasteiger partial charge in [0.15, 0.2) is 11.6 Å². The van der Waals surface area contributed by atoms with Crippen LogP contribution < -0.4 is 10.9 Å². The van der Waals surface area contributed by atoms with Crippen LogP contribution in [0.5, 0.6) is 0 Å². The molecule has 0 aliphatic rings. The van der Waals surface area contributed by atoms with E-state index in [0.29, 0.717) is 13.0 Å². The van der Waals surface area contributed by atoms with E-state index in [1.807, 2.05) is 13.0 Å². The minimum absolute atomic E-state index is 0.0498. The molecule has 27 heavy (non-hydrogen) atoms. The van der Waals surface area contributed by atoms with Gasteiger partial charge in [-0.2, -0.15) is 0 Å². The third-order valence-corrected chi connectivity index (χ3v) is 4.29. The number of rotatable bonds is 6. The number of amides is 1. The number of benzene rings is 1. The Bertz CT molecular complexity index is 1030. The van der Waals surface area contributed by atoms with Crippen molar-refractivity contribution in [3.8, 4) is 0 Å². The minimum Gasteiger partial charge on any atom is -0.347 e. The van der Waals surface area contributed by atoms with Crippen molar-refractivity contribution in [2.75, 3.05) is 0 Å². The Hall–Kier alpha value is -3.09. The SMILES string of the molecule is CCCCn1c(C(=O)NCc2cccnc2)cc2cc(F)c(F)cc2c1=O. The lowest BCUT2D eigenvalue weighted by Crippen LogP contribution is -2.32. The third kappa shape index (κ3) is 4.02. The van der Waals surface area contributed by atoms with Crippen LogP contribution in [0.2, 0.25) is 0 Å². The third-order valence-electron chi connectivity index (χ3n) is 4.29. The Balaban J connectivity index is 2.02. The predicted molar refractivity (Wildman–Crippen MR) is 98.4 cm³/mol. The van der Waals surface area contributed by atoms with Gasteiger partial charge in [0.05, 0.1) is 5.39 Å². The second-order valence-electron chi connectivity index (χ2n) is 6.24. The van der Waals surface area contributed by atoms with Crippen LogP contribution >= 0.6 is 0 Å². The average molecular weight is 371 g/mol. The number of hydrogen-bond acceptors (Lipinski definition) is 3. The molecule has 0 atom stereocenters. The quantitative estimate of drug-likeness (QED) is 0.722. The fraction of sp³-hybridized carbons (Fsp3) is 0.250. The summed E-state index contributed by atoms with van der Waals surface area (Å²) < 4.78 is 28.5. The highest BCUT2D eigenvalue weighted by molar-refractivity contribution is 5.96. The lowest BCUT2D eigenvalue weighted by Gasteiger charge is -2.14. The molecule has 0 unspecified atom stereocenters. The molecule has 3 rings (SSSR count). The van der Waals surface area contributed by atoms with Crippen molar-refractivity contribution in [2.24, 2.45) is 0 Å². The highest BCUT2D eigenvalue weighted by Crippen LogP contribution is 2.18. The summed E-state index contributed by atoms with van der Waals surface area (Å²) in [6, 6.07) is 6.82. The largest absolute Gasteiger partial charge is 0.347 e. The maximum atomic E-state index is 13.6. The van der Waals surface area contributed by atoms with Gasteiger partial charge in [-0.05, 0) is 41.6 Å². The van der Waals surface area contributed by atoms with Crippen molar-refractivity contribution >= 4 is 16.7 Å². The first-order chi connectivity index (χ1) is 13.0. The van der Waals surface area contributed by atoms with Crippen molar-refractivity contribution < 1.29 is 13.6 Å². The number of hydrogen-bond donors (Lipinski definition) is 1. The molecule has 0 aliphatic heterocycles. The zero-order valence-corrected chi connectivity index (χ0v) is 14.8. The molecule has 3 aromatic rings. The summed E-state index contributed by atoms with van der Waals surface area (Å²) in [6.45, 7) is 2.52. The van der Waals surface area contributed by atoms with Gasteiger partial charge in [-0.25, -0.2) is 8.78 Å². The molecule has 0 aliphatic carbocycles. The maximum Gasteiger partial charge on any atom is 0.268 e. The minimum atomic E-state index is -1.09. The van der Waals surface area contributed by atoms with Crippen LogP contribution in [-0.2, 0) is 13.1 Å². The lowest BCUT2D eigenvalue weighted by atomic mass is 10.1. The van der Waals surface area contributed by atoms with Gasteiger partial charge in [-0.15, -0.1) is 0 Å². The lowest BCUT2D eigenvalue weighted by molar-refractivity contribution is 0.0940. The maximum absolute atomic E-state index is 13.6. The van der Waals surface area contributed by atoms with Crippen molar-refractivity contribution in [3.63, 3.8) is 0 Å². The first-order valence-electron chi connectivity index (χ1n) is 8.71. The van der Waals surface area contributed by atoms with Crippen LogP contribution in [0.4, 0.5) is 8.78 Å². The molecule has 7 heteroatoms. The number of unbranched alkanes of at least 4 members (excludes halogenated alkanes) is 1. The van der Waals surface area contributed by atoms with E-state index >= 15 is 0 Å². The summed E-state index contributed by atoms with van der Waals surface area (Å²) >= 11 is 0. The molecule has 2 heterocycles. The molecule has 1 amide bonds. The van der Waals surface area contributed by atoms with Gasteiger partial charge in [0, 0.05) is 25.5 Å². The molecule has 0 radical (unpaired) electrons. The number of fused-ring (bicyclic) bond motifs is 1. The second-order valence-corrected chi connectivity index (χ2v) is 6.24. The number of aromatic nitrogens is 2. The summed E-state index contributed by atoms with van der Waals surface area (Å²) in [5, 5.41) is 2.99. The Morgan fingerprint density at radius 3 is 2.70 bits per heavy atom.